The first-order chi connectivity index (χ1) is 11.1. The lowest BCUT2D eigenvalue weighted by Gasteiger charge is -2.19. The van der Waals surface area contributed by atoms with Crippen LogP contribution in [0, 0.1) is 6.92 Å². The molecule has 2 heterocycles. The summed E-state index contributed by atoms with van der Waals surface area (Å²) >= 11 is 1.44. The van der Waals surface area contributed by atoms with Crippen molar-refractivity contribution in [1.82, 2.24) is 14.5 Å². The summed E-state index contributed by atoms with van der Waals surface area (Å²) in [4.78, 5) is 21.9. The molecule has 8 heteroatoms. The summed E-state index contributed by atoms with van der Waals surface area (Å²) in [6.45, 7) is 1.78. The molecule has 1 aliphatic carbocycles. The van der Waals surface area contributed by atoms with Crippen LogP contribution in [0.15, 0.2) is 21.3 Å². The molecular weight excluding hydrogens is 314 g/mol. The number of oxime groups is 1. The van der Waals surface area contributed by atoms with Gasteiger partial charge in [-0.1, -0.05) is 29.8 Å². The van der Waals surface area contributed by atoms with Crippen LogP contribution in [0.25, 0.3) is 11.0 Å². The second-order valence-corrected chi connectivity index (χ2v) is 6.47. The number of fused-ring (bicyclic) bond motifs is 1. The van der Waals surface area contributed by atoms with Crippen LogP contribution in [0.5, 0.6) is 0 Å². The topological polar surface area (TPSA) is 106 Å². The molecule has 0 saturated heterocycles. The third kappa shape index (κ3) is 2.56. The van der Waals surface area contributed by atoms with Crippen molar-refractivity contribution >= 4 is 28.6 Å². The summed E-state index contributed by atoms with van der Waals surface area (Å²) in [5, 5.41) is 13.4. The average molecular weight is 333 g/mol. The van der Waals surface area contributed by atoms with Crippen LogP contribution in [0.4, 0.5) is 0 Å². The molecule has 3 rings (SSSR count). The fourth-order valence-electron chi connectivity index (χ4n) is 3.27. The molecule has 1 aliphatic rings. The van der Waals surface area contributed by atoms with E-state index in [9.17, 15) is 4.79 Å². The van der Waals surface area contributed by atoms with E-state index in [1.54, 1.807) is 17.7 Å². The van der Waals surface area contributed by atoms with Gasteiger partial charge in [-0.05, 0) is 31.6 Å². The van der Waals surface area contributed by atoms with Gasteiger partial charge in [-0.25, -0.2) is 9.97 Å². The van der Waals surface area contributed by atoms with Crippen molar-refractivity contribution in [1.29, 1.82) is 0 Å². The molecule has 0 aromatic carbocycles. The summed E-state index contributed by atoms with van der Waals surface area (Å²) in [6, 6.07) is 0.0976. The van der Waals surface area contributed by atoms with Gasteiger partial charge in [0.25, 0.3) is 5.56 Å². The van der Waals surface area contributed by atoms with Crippen molar-refractivity contribution in [3.8, 4) is 0 Å². The molecule has 3 N–H and O–H groups in total. The van der Waals surface area contributed by atoms with Crippen LogP contribution in [-0.2, 0) is 0 Å². The molecule has 0 spiro atoms. The summed E-state index contributed by atoms with van der Waals surface area (Å²) in [5.74, 6) is -0.171. The molecule has 0 amide bonds. The van der Waals surface area contributed by atoms with Crippen LogP contribution >= 0.6 is 11.8 Å². The number of hydrogen-bond donors (Lipinski definition) is 2. The number of hydrogen-bond acceptors (Lipinski definition) is 6. The zero-order chi connectivity index (χ0) is 16.6. The maximum absolute atomic E-state index is 13.0. The van der Waals surface area contributed by atoms with Crippen molar-refractivity contribution in [2.45, 2.75) is 43.8 Å². The Morgan fingerprint density at radius 3 is 2.78 bits per heavy atom. The number of thioether (sulfide) groups is 1. The predicted octanol–water partition coefficient (Wildman–Crippen LogP) is 2.03. The highest BCUT2D eigenvalue weighted by Gasteiger charge is 2.25. The third-order valence-corrected chi connectivity index (χ3v) is 4.98. The van der Waals surface area contributed by atoms with Crippen molar-refractivity contribution in [2.75, 3.05) is 6.26 Å². The van der Waals surface area contributed by atoms with Gasteiger partial charge < -0.3 is 10.9 Å². The quantitative estimate of drug-likeness (QED) is 0.222. The van der Waals surface area contributed by atoms with Crippen LogP contribution in [0.3, 0.4) is 0 Å². The molecule has 1 fully saturated rings. The Morgan fingerprint density at radius 1 is 1.48 bits per heavy atom. The first-order valence-corrected chi connectivity index (χ1v) is 8.74. The summed E-state index contributed by atoms with van der Waals surface area (Å²) in [7, 11) is 0. The lowest BCUT2D eigenvalue weighted by Crippen LogP contribution is -2.34. The Hall–Kier alpha value is -2.09. The summed E-state index contributed by atoms with van der Waals surface area (Å²) < 4.78 is 1.71. The number of nitrogens with zero attached hydrogens (tertiary/aromatic N) is 4. The molecule has 7 nitrogen and oxygen atoms in total. The first kappa shape index (κ1) is 15.8. The number of amidine groups is 1. The largest absolute Gasteiger partial charge is 0.409 e. The zero-order valence-corrected chi connectivity index (χ0v) is 13.9. The molecule has 0 radical (unpaired) electrons. The molecule has 122 valence electrons. The molecular formula is C15H19N5O2S. The minimum absolute atomic E-state index is 0.0976. The highest BCUT2D eigenvalue weighted by Crippen LogP contribution is 2.31. The predicted molar refractivity (Wildman–Crippen MR) is 90.3 cm³/mol. The van der Waals surface area contributed by atoms with Crippen LogP contribution < -0.4 is 11.3 Å². The van der Waals surface area contributed by atoms with E-state index in [1.807, 2.05) is 6.26 Å². The Kier molecular flexibility index (Phi) is 4.25. The summed E-state index contributed by atoms with van der Waals surface area (Å²) in [5.41, 5.74) is 7.01. The molecule has 2 aromatic heterocycles. The Balaban J connectivity index is 2.42. The van der Waals surface area contributed by atoms with Gasteiger partial charge in [-0.2, -0.15) is 0 Å². The third-order valence-electron chi connectivity index (χ3n) is 4.42. The average Bonchev–Trinajstić information content (AvgIpc) is 3.08. The van der Waals surface area contributed by atoms with E-state index in [0.717, 1.165) is 31.1 Å². The standard InChI is InChI=1S/C15H19N5O2S/c1-8-10-7-17-15(23-2)18-13(10)20(9-5-3-4-6-9)14(21)11(8)12(16)19-22/h7,9,22H,3-6H2,1-2H3,(H2,16,19). The molecule has 1 saturated carbocycles. The second kappa shape index (κ2) is 6.19. The fourth-order valence-corrected chi connectivity index (χ4v) is 3.60. The maximum atomic E-state index is 13.0. The maximum Gasteiger partial charge on any atom is 0.263 e. The summed E-state index contributed by atoms with van der Waals surface area (Å²) in [6.07, 6.45) is 7.66. The number of nitrogens with two attached hydrogens (primary N) is 1. The Labute approximate surface area is 137 Å². The molecule has 0 atom stereocenters. The van der Waals surface area contributed by atoms with E-state index in [-0.39, 0.29) is 23.0 Å². The van der Waals surface area contributed by atoms with Crippen LogP contribution in [0.2, 0.25) is 0 Å². The minimum Gasteiger partial charge on any atom is -0.409 e. The van der Waals surface area contributed by atoms with Crippen molar-refractivity contribution in [3.05, 3.63) is 27.7 Å². The van der Waals surface area contributed by atoms with Gasteiger partial charge in [0.2, 0.25) is 0 Å². The molecule has 0 aliphatic heterocycles. The fraction of sp³-hybridized carbons (Fsp3) is 0.467. The van der Waals surface area contributed by atoms with Gasteiger partial charge in [0, 0.05) is 17.6 Å². The lowest BCUT2D eigenvalue weighted by atomic mass is 10.1. The van der Waals surface area contributed by atoms with Gasteiger partial charge in [-0.3, -0.25) is 9.36 Å². The van der Waals surface area contributed by atoms with Crippen molar-refractivity contribution < 1.29 is 5.21 Å². The highest BCUT2D eigenvalue weighted by atomic mass is 32.2. The van der Waals surface area contributed by atoms with E-state index in [1.165, 1.54) is 11.8 Å². The van der Waals surface area contributed by atoms with Crippen LogP contribution in [0.1, 0.15) is 42.9 Å². The minimum atomic E-state index is -0.247. The van der Waals surface area contributed by atoms with E-state index < -0.39 is 0 Å². The highest BCUT2D eigenvalue weighted by molar-refractivity contribution is 7.98. The first-order valence-electron chi connectivity index (χ1n) is 7.52. The Bertz CT molecular complexity index is 840. The van der Waals surface area contributed by atoms with Gasteiger partial charge in [0.05, 0.1) is 5.56 Å². The van der Waals surface area contributed by atoms with Gasteiger partial charge in [-0.15, -0.1) is 0 Å². The molecule has 0 bridgehead atoms. The number of rotatable bonds is 3. The van der Waals surface area contributed by atoms with Crippen molar-refractivity contribution in [2.24, 2.45) is 10.9 Å². The van der Waals surface area contributed by atoms with Gasteiger partial charge >= 0.3 is 0 Å². The SMILES string of the molecule is CSc1ncc2c(C)c(C(N)=NO)c(=O)n(C3CCCC3)c2n1. The zero-order valence-electron chi connectivity index (χ0n) is 13.1. The number of aromatic nitrogens is 3. The molecule has 0 unspecified atom stereocenters. The van der Waals surface area contributed by atoms with E-state index in [2.05, 4.69) is 15.1 Å². The number of aryl methyl sites for hydroxylation is 1. The smallest absolute Gasteiger partial charge is 0.263 e. The normalized spacial score (nSPS) is 16.3. The monoisotopic (exact) mass is 333 g/mol. The lowest BCUT2D eigenvalue weighted by molar-refractivity contribution is 0.318. The second-order valence-electron chi connectivity index (χ2n) is 5.69. The van der Waals surface area contributed by atoms with E-state index in [0.29, 0.717) is 16.4 Å². The van der Waals surface area contributed by atoms with Gasteiger partial charge in [0.15, 0.2) is 11.0 Å². The molecule has 2 aromatic rings. The molecule has 23 heavy (non-hydrogen) atoms. The van der Waals surface area contributed by atoms with E-state index >= 15 is 0 Å². The van der Waals surface area contributed by atoms with Crippen LogP contribution in [-0.4, -0.2) is 31.8 Å². The van der Waals surface area contributed by atoms with Gasteiger partial charge in [0.1, 0.15) is 5.65 Å². The van der Waals surface area contributed by atoms with Crippen molar-refractivity contribution in [3.63, 3.8) is 0 Å². The number of pyridine rings is 1. The Morgan fingerprint density at radius 2 is 2.17 bits per heavy atom. The van der Waals surface area contributed by atoms with E-state index in [4.69, 9.17) is 10.9 Å².